The van der Waals surface area contributed by atoms with Crippen LogP contribution in [0.1, 0.15) is 18.9 Å². The average Bonchev–Trinajstić information content (AvgIpc) is 3.12. The van der Waals surface area contributed by atoms with Crippen LogP contribution in [0.2, 0.25) is 5.02 Å². The molecule has 2 aromatic rings. The van der Waals surface area contributed by atoms with Gasteiger partial charge in [-0.15, -0.1) is 0 Å². The molecule has 3 heterocycles. The summed E-state index contributed by atoms with van der Waals surface area (Å²) in [5.74, 6) is -0.0218. The number of anilines is 1. The molecule has 0 aliphatic carbocycles. The van der Waals surface area contributed by atoms with Gasteiger partial charge in [-0.2, -0.15) is 23.0 Å². The van der Waals surface area contributed by atoms with Crippen molar-refractivity contribution in [1.82, 2.24) is 19.7 Å². The molecule has 146 valence electrons. The maximum atomic E-state index is 12.7. The van der Waals surface area contributed by atoms with Crippen molar-refractivity contribution < 1.29 is 13.2 Å². The Hall–Kier alpha value is -2.13. The van der Waals surface area contributed by atoms with Crippen LogP contribution in [0.5, 0.6) is 0 Å². The van der Waals surface area contributed by atoms with E-state index < -0.39 is 17.3 Å². The van der Waals surface area contributed by atoms with Crippen molar-refractivity contribution in [3.8, 4) is 5.82 Å². The Balaban J connectivity index is 1.87. The molecule has 3 rings (SSSR count). The van der Waals surface area contributed by atoms with E-state index in [0.717, 1.165) is 42.9 Å². The van der Waals surface area contributed by atoms with Gasteiger partial charge in [0.1, 0.15) is 5.02 Å². The summed E-state index contributed by atoms with van der Waals surface area (Å²) in [6.45, 7) is 4.48. The predicted molar refractivity (Wildman–Crippen MR) is 96.6 cm³/mol. The first-order chi connectivity index (χ1) is 12.7. The van der Waals surface area contributed by atoms with E-state index in [1.54, 1.807) is 0 Å². The Morgan fingerprint density at radius 2 is 2.07 bits per heavy atom. The summed E-state index contributed by atoms with van der Waals surface area (Å²) in [6.07, 6.45) is -1.43. The third-order valence-corrected chi connectivity index (χ3v) is 5.17. The van der Waals surface area contributed by atoms with E-state index in [1.165, 1.54) is 6.20 Å². The fourth-order valence-electron chi connectivity index (χ4n) is 3.07. The number of likely N-dealkylation sites (N-methyl/N-ethyl adjacent to an activating group) is 1. The number of halogens is 4. The summed E-state index contributed by atoms with van der Waals surface area (Å²) in [7, 11) is 2.04. The van der Waals surface area contributed by atoms with Crippen molar-refractivity contribution >= 4 is 17.3 Å². The van der Waals surface area contributed by atoms with E-state index in [1.807, 2.05) is 11.9 Å². The summed E-state index contributed by atoms with van der Waals surface area (Å²) >= 11 is 6.26. The van der Waals surface area contributed by atoms with Crippen molar-refractivity contribution in [2.45, 2.75) is 25.6 Å². The maximum Gasteiger partial charge on any atom is 0.417 e. The van der Waals surface area contributed by atoms with Crippen LogP contribution in [0, 0.1) is 0 Å². The van der Waals surface area contributed by atoms with Crippen LogP contribution in [-0.2, 0) is 6.18 Å². The van der Waals surface area contributed by atoms with E-state index in [4.69, 9.17) is 11.6 Å². The van der Waals surface area contributed by atoms with E-state index in [2.05, 4.69) is 21.9 Å². The quantitative estimate of drug-likeness (QED) is 0.788. The number of nitrogens with zero attached hydrogens (tertiary/aromatic N) is 5. The van der Waals surface area contributed by atoms with Gasteiger partial charge in [-0.1, -0.05) is 18.5 Å². The topological polar surface area (TPSA) is 54.3 Å². The van der Waals surface area contributed by atoms with Gasteiger partial charge in [0.25, 0.3) is 5.56 Å². The van der Waals surface area contributed by atoms with Gasteiger partial charge in [0.05, 0.1) is 17.4 Å². The van der Waals surface area contributed by atoms with Gasteiger partial charge in [0.15, 0.2) is 5.82 Å². The van der Waals surface area contributed by atoms with Crippen LogP contribution in [0.25, 0.3) is 5.82 Å². The fourth-order valence-corrected chi connectivity index (χ4v) is 3.31. The van der Waals surface area contributed by atoms with Crippen molar-refractivity contribution in [2.24, 2.45) is 0 Å². The molecule has 10 heteroatoms. The van der Waals surface area contributed by atoms with Gasteiger partial charge in [-0.3, -0.25) is 4.79 Å². The molecule has 1 aliphatic heterocycles. The third kappa shape index (κ3) is 3.93. The number of hydrogen-bond donors (Lipinski definition) is 0. The van der Waals surface area contributed by atoms with Gasteiger partial charge in [0.2, 0.25) is 0 Å². The Bertz CT molecular complexity index is 868. The van der Waals surface area contributed by atoms with Gasteiger partial charge < -0.3 is 9.80 Å². The van der Waals surface area contributed by atoms with Crippen LogP contribution >= 0.6 is 11.6 Å². The standard InChI is InChI=1S/C17H19ClF3N5O/c1-3-24(2)12-6-7-25(10-12)13-9-23-26(16(27)15(13)18)14-5-4-11(8-22-14)17(19,20)21/h4-5,8-9,12H,3,6-7,10H2,1-2H3. The van der Waals surface area contributed by atoms with E-state index in [0.29, 0.717) is 17.9 Å². The van der Waals surface area contributed by atoms with Crippen LogP contribution in [0.4, 0.5) is 18.9 Å². The summed E-state index contributed by atoms with van der Waals surface area (Å²) < 4.78 is 38.9. The smallest absolute Gasteiger partial charge is 0.367 e. The van der Waals surface area contributed by atoms with Gasteiger partial charge in [-0.25, -0.2) is 4.98 Å². The lowest BCUT2D eigenvalue weighted by molar-refractivity contribution is -0.137. The normalized spacial score (nSPS) is 17.7. The zero-order valence-corrected chi connectivity index (χ0v) is 15.6. The minimum Gasteiger partial charge on any atom is -0.367 e. The van der Waals surface area contributed by atoms with E-state index in [-0.39, 0.29) is 10.8 Å². The maximum absolute atomic E-state index is 12.7. The predicted octanol–water partition coefficient (Wildman–Crippen LogP) is 2.83. The molecule has 0 N–H and O–H groups in total. The highest BCUT2D eigenvalue weighted by Crippen LogP contribution is 2.29. The Morgan fingerprint density at radius 3 is 2.67 bits per heavy atom. The Morgan fingerprint density at radius 1 is 1.33 bits per heavy atom. The molecular weight excluding hydrogens is 383 g/mol. The highest BCUT2D eigenvalue weighted by atomic mass is 35.5. The summed E-state index contributed by atoms with van der Waals surface area (Å²) in [5, 5.41) is 4.03. The summed E-state index contributed by atoms with van der Waals surface area (Å²) in [6, 6.07) is 2.31. The Labute approximate surface area is 159 Å². The van der Waals surface area contributed by atoms with Crippen LogP contribution in [0.15, 0.2) is 29.3 Å². The van der Waals surface area contributed by atoms with Crippen molar-refractivity contribution in [2.75, 3.05) is 31.6 Å². The first-order valence-electron chi connectivity index (χ1n) is 8.49. The number of pyridine rings is 1. The lowest BCUT2D eigenvalue weighted by Gasteiger charge is -2.24. The molecule has 1 saturated heterocycles. The SMILES string of the molecule is CCN(C)C1CCN(c2cnn(-c3ccc(C(F)(F)F)cn3)c(=O)c2Cl)C1. The van der Waals surface area contributed by atoms with Crippen molar-refractivity contribution in [1.29, 1.82) is 0 Å². The first-order valence-corrected chi connectivity index (χ1v) is 8.86. The third-order valence-electron chi connectivity index (χ3n) is 4.82. The molecule has 0 saturated carbocycles. The molecule has 0 radical (unpaired) electrons. The monoisotopic (exact) mass is 401 g/mol. The molecule has 1 atom stereocenters. The molecule has 0 amide bonds. The molecule has 6 nitrogen and oxygen atoms in total. The minimum absolute atomic E-state index is 0.0218. The van der Waals surface area contributed by atoms with E-state index in [9.17, 15) is 18.0 Å². The highest BCUT2D eigenvalue weighted by Gasteiger charge is 2.31. The van der Waals surface area contributed by atoms with Crippen LogP contribution in [0.3, 0.4) is 0 Å². The second kappa shape index (κ2) is 7.47. The summed E-state index contributed by atoms with van der Waals surface area (Å²) in [4.78, 5) is 20.5. The molecule has 2 aromatic heterocycles. The second-order valence-corrected chi connectivity index (χ2v) is 6.80. The molecule has 0 bridgehead atoms. The molecule has 1 aliphatic rings. The largest absolute Gasteiger partial charge is 0.417 e. The van der Waals surface area contributed by atoms with Crippen LogP contribution in [-0.4, -0.2) is 52.4 Å². The van der Waals surface area contributed by atoms with Gasteiger partial charge >= 0.3 is 6.18 Å². The molecule has 0 aromatic carbocycles. The molecule has 1 unspecified atom stereocenters. The van der Waals surface area contributed by atoms with Crippen LogP contribution < -0.4 is 10.5 Å². The number of alkyl halides is 3. The number of aromatic nitrogens is 3. The molecule has 27 heavy (non-hydrogen) atoms. The first kappa shape index (κ1) is 19.6. The fraction of sp³-hybridized carbons (Fsp3) is 0.471. The van der Waals surface area contributed by atoms with Gasteiger partial charge in [-0.05, 0) is 32.1 Å². The lowest BCUT2D eigenvalue weighted by Crippen LogP contribution is -2.35. The summed E-state index contributed by atoms with van der Waals surface area (Å²) in [5.41, 5.74) is -0.990. The highest BCUT2D eigenvalue weighted by molar-refractivity contribution is 6.33. The molecule has 1 fully saturated rings. The Kier molecular flexibility index (Phi) is 5.43. The number of hydrogen-bond acceptors (Lipinski definition) is 5. The average molecular weight is 402 g/mol. The zero-order chi connectivity index (χ0) is 19.8. The molecular formula is C17H19ClF3N5O. The number of rotatable bonds is 4. The minimum atomic E-state index is -4.50. The van der Waals surface area contributed by atoms with Gasteiger partial charge in [0, 0.05) is 25.3 Å². The molecule has 0 spiro atoms. The van der Waals surface area contributed by atoms with E-state index >= 15 is 0 Å². The second-order valence-electron chi connectivity index (χ2n) is 6.43. The van der Waals surface area contributed by atoms with Crippen molar-refractivity contribution in [3.05, 3.63) is 45.5 Å². The lowest BCUT2D eigenvalue weighted by atomic mass is 10.2. The zero-order valence-electron chi connectivity index (χ0n) is 14.9. The van der Waals surface area contributed by atoms with Crippen molar-refractivity contribution in [3.63, 3.8) is 0 Å².